The molecule has 0 aliphatic rings. The zero-order valence-corrected chi connectivity index (χ0v) is 9.90. The van der Waals surface area contributed by atoms with Gasteiger partial charge < -0.3 is 0 Å². The van der Waals surface area contributed by atoms with Crippen molar-refractivity contribution in [3.63, 3.8) is 0 Å². The van der Waals surface area contributed by atoms with E-state index in [1.54, 1.807) is 11.0 Å². The Morgan fingerprint density at radius 2 is 2.00 bits per heavy atom. The predicted octanol–water partition coefficient (Wildman–Crippen LogP) is 0.781. The number of nitrogens with zero attached hydrogens (tertiary/aromatic N) is 5. The molecule has 0 radical (unpaired) electrons. The van der Waals surface area contributed by atoms with Crippen LogP contribution in [0.25, 0.3) is 15.8 Å². The minimum atomic E-state index is -0.0150. The van der Waals surface area contributed by atoms with Crippen LogP contribution in [0.4, 0.5) is 0 Å². The molecular weight excluding hydrogens is 269 g/mol. The van der Waals surface area contributed by atoms with Crippen LogP contribution in [0.2, 0.25) is 0 Å². The van der Waals surface area contributed by atoms with Crippen LogP contribution >= 0.6 is 0 Å². The molecule has 0 unspecified atom stereocenters. The third kappa shape index (κ3) is 1.58. The summed E-state index contributed by atoms with van der Waals surface area (Å²) in [5.41, 5.74) is 1.96. The van der Waals surface area contributed by atoms with Crippen LogP contribution in [0.3, 0.4) is 0 Å². The molecule has 3 rings (SSSR count). The van der Waals surface area contributed by atoms with Gasteiger partial charge in [0.1, 0.15) is 0 Å². The first-order valence-electron chi connectivity index (χ1n) is 4.68. The average Bonchev–Trinajstić information content (AvgIpc) is 3.01. The Hall–Kier alpha value is -1.78. The second-order valence-electron chi connectivity index (χ2n) is 3.13. The molecule has 0 atom stereocenters. The molecule has 6 heteroatoms. The first kappa shape index (κ1) is 9.45. The molecule has 0 amide bonds. The summed E-state index contributed by atoms with van der Waals surface area (Å²) in [6.07, 6.45) is 3.19. The van der Waals surface area contributed by atoms with E-state index in [0.29, 0.717) is 0 Å². The molecule has 16 heavy (non-hydrogen) atoms. The van der Waals surface area contributed by atoms with Gasteiger partial charge in [-0.3, -0.25) is 0 Å². The van der Waals surface area contributed by atoms with E-state index in [4.69, 9.17) is 0 Å². The van der Waals surface area contributed by atoms with Crippen molar-refractivity contribution in [2.24, 2.45) is 0 Å². The molecule has 78 valence electrons. The summed E-state index contributed by atoms with van der Waals surface area (Å²) in [6.45, 7) is 0. The molecule has 0 aliphatic heterocycles. The van der Waals surface area contributed by atoms with Gasteiger partial charge >= 0.3 is 97.5 Å². The van der Waals surface area contributed by atoms with Gasteiger partial charge in [0, 0.05) is 0 Å². The fraction of sp³-hybridized carbons (Fsp3) is 0. The van der Waals surface area contributed by atoms with E-state index in [2.05, 4.69) is 19.3 Å². The molecule has 3 aromatic rings. The fourth-order valence-corrected chi connectivity index (χ4v) is 2.73. The Balaban J connectivity index is 2.14. The van der Waals surface area contributed by atoms with Gasteiger partial charge in [-0.05, 0) is 0 Å². The van der Waals surface area contributed by atoms with Crippen molar-refractivity contribution in [2.75, 3.05) is 0 Å². The number of rotatable bonds is 2. The maximum atomic E-state index is 4.19. The predicted molar refractivity (Wildman–Crippen MR) is 59.3 cm³/mol. The van der Waals surface area contributed by atoms with Gasteiger partial charge in [-0.2, -0.15) is 0 Å². The van der Waals surface area contributed by atoms with Gasteiger partial charge in [0.05, 0.1) is 0 Å². The zero-order valence-electron chi connectivity index (χ0n) is 8.19. The number of aromatic nitrogens is 5. The first-order valence-corrected chi connectivity index (χ1v) is 6.30. The third-order valence-electron chi connectivity index (χ3n) is 2.14. The van der Waals surface area contributed by atoms with E-state index >= 15 is 0 Å². The Kier molecular flexibility index (Phi) is 2.36. The van der Waals surface area contributed by atoms with Gasteiger partial charge in [0.25, 0.3) is 0 Å². The van der Waals surface area contributed by atoms with Crippen LogP contribution < -0.4 is 0 Å². The van der Waals surface area contributed by atoms with Crippen LogP contribution in [-0.2, 0) is 0 Å². The van der Waals surface area contributed by atoms with Gasteiger partial charge in [-0.25, -0.2) is 0 Å². The summed E-state index contributed by atoms with van der Waals surface area (Å²) in [7, 11) is 0. The molecule has 0 saturated heterocycles. The van der Waals surface area contributed by atoms with Gasteiger partial charge in [-0.15, -0.1) is 0 Å². The molecule has 0 aliphatic carbocycles. The average molecular weight is 276 g/mol. The fourth-order valence-electron chi connectivity index (χ4n) is 1.43. The Bertz CT molecular complexity index is 572. The molecule has 0 bridgehead atoms. The minimum absolute atomic E-state index is 0.0150. The molecule has 0 N–H and O–H groups in total. The van der Waals surface area contributed by atoms with Crippen LogP contribution in [0, 0.1) is 0 Å². The monoisotopic (exact) mass is 277 g/mol. The van der Waals surface area contributed by atoms with Crippen molar-refractivity contribution >= 4 is 14.7 Å². The van der Waals surface area contributed by atoms with Crippen molar-refractivity contribution < 1.29 is 0 Å². The summed E-state index contributed by atoms with van der Waals surface area (Å²) in [4.78, 5) is 3.94. The van der Waals surface area contributed by atoms with E-state index < -0.39 is 0 Å². The van der Waals surface area contributed by atoms with Gasteiger partial charge in [0.15, 0.2) is 0 Å². The molecule has 0 saturated carbocycles. The van der Waals surface area contributed by atoms with Crippen molar-refractivity contribution in [1.29, 1.82) is 0 Å². The Morgan fingerprint density at radius 3 is 2.75 bits per heavy atom. The third-order valence-corrected chi connectivity index (χ3v) is 3.65. The van der Waals surface area contributed by atoms with Gasteiger partial charge in [-0.1, -0.05) is 0 Å². The zero-order chi connectivity index (χ0) is 10.8. The van der Waals surface area contributed by atoms with E-state index in [1.807, 2.05) is 30.3 Å². The van der Waals surface area contributed by atoms with Crippen molar-refractivity contribution in [3.05, 3.63) is 43.0 Å². The number of hydrogen-bond donors (Lipinski definition) is 0. The van der Waals surface area contributed by atoms with Crippen molar-refractivity contribution in [3.8, 4) is 15.8 Å². The summed E-state index contributed by atoms with van der Waals surface area (Å²) in [5.74, 6) is 0. The SMILES string of the molecule is c1ccc(-c2nn[se]c2-n2cncn2)cc1. The Labute approximate surface area is 97.8 Å². The van der Waals surface area contributed by atoms with E-state index in [0.717, 1.165) is 15.8 Å². The molecule has 0 fully saturated rings. The second-order valence-corrected chi connectivity index (χ2v) is 4.67. The molecule has 5 nitrogen and oxygen atoms in total. The first-order chi connectivity index (χ1) is 7.95. The standard InChI is InChI=1S/C10H7N5Se/c1-2-4-8(5-3-1)9-10(16-14-13-9)15-7-11-6-12-15/h1-7H. The second kappa shape index (κ2) is 4.00. The van der Waals surface area contributed by atoms with E-state index in [1.165, 1.54) is 6.33 Å². The van der Waals surface area contributed by atoms with E-state index in [9.17, 15) is 0 Å². The molecule has 2 aromatic heterocycles. The van der Waals surface area contributed by atoms with E-state index in [-0.39, 0.29) is 14.7 Å². The van der Waals surface area contributed by atoms with Crippen LogP contribution in [0.15, 0.2) is 43.0 Å². The summed E-state index contributed by atoms with van der Waals surface area (Å²) in [6, 6.07) is 10.0. The van der Waals surface area contributed by atoms with Crippen LogP contribution in [0.1, 0.15) is 0 Å². The molecule has 1 aromatic carbocycles. The Morgan fingerprint density at radius 1 is 1.12 bits per heavy atom. The number of benzene rings is 1. The van der Waals surface area contributed by atoms with Crippen molar-refractivity contribution in [2.45, 2.75) is 0 Å². The molecular formula is C10H7N5Se. The van der Waals surface area contributed by atoms with Gasteiger partial charge in [0.2, 0.25) is 0 Å². The van der Waals surface area contributed by atoms with Crippen LogP contribution in [-0.4, -0.2) is 38.7 Å². The molecule has 0 spiro atoms. The molecule has 2 heterocycles. The normalized spacial score (nSPS) is 10.5. The van der Waals surface area contributed by atoms with Crippen molar-refractivity contribution in [1.82, 2.24) is 24.0 Å². The summed E-state index contributed by atoms with van der Waals surface area (Å²) >= 11 is -0.0150. The topological polar surface area (TPSA) is 56.5 Å². The number of hydrogen-bond acceptors (Lipinski definition) is 4. The van der Waals surface area contributed by atoms with Crippen LogP contribution in [0.5, 0.6) is 0 Å². The maximum absolute atomic E-state index is 4.19. The summed E-state index contributed by atoms with van der Waals surface area (Å²) < 4.78 is 6.87. The quantitative estimate of drug-likeness (QED) is 0.649. The summed E-state index contributed by atoms with van der Waals surface area (Å²) in [5, 5.41) is 8.30.